The normalized spacial score (nSPS) is 12.4. The highest BCUT2D eigenvalue weighted by molar-refractivity contribution is 9.10. The fourth-order valence-electron chi connectivity index (χ4n) is 1.80. The summed E-state index contributed by atoms with van der Waals surface area (Å²) in [6.45, 7) is 2.01. The molecule has 1 heterocycles. The van der Waals surface area contributed by atoms with Crippen LogP contribution in [0.15, 0.2) is 45.5 Å². The monoisotopic (exact) mass is 369 g/mol. The van der Waals surface area contributed by atoms with E-state index in [1.807, 2.05) is 37.3 Å². The van der Waals surface area contributed by atoms with Gasteiger partial charge in [-0.15, -0.1) is 0 Å². The number of aliphatic hydroxyl groups is 1. The highest BCUT2D eigenvalue weighted by atomic mass is 79.9. The zero-order chi connectivity index (χ0) is 13.1. The van der Waals surface area contributed by atoms with Crippen molar-refractivity contribution >= 4 is 31.9 Å². The lowest BCUT2D eigenvalue weighted by molar-refractivity contribution is 0.177. The lowest BCUT2D eigenvalue weighted by atomic mass is 10.0. The molecule has 0 radical (unpaired) electrons. The van der Waals surface area contributed by atoms with E-state index in [9.17, 15) is 5.11 Å². The minimum Gasteiger partial charge on any atom is -0.388 e. The maximum absolute atomic E-state index is 10.2. The Morgan fingerprint density at radius 1 is 1.17 bits per heavy atom. The Bertz CT molecular complexity index is 520. The van der Waals surface area contributed by atoms with Gasteiger partial charge in [-0.1, -0.05) is 22.0 Å². The van der Waals surface area contributed by atoms with Crippen LogP contribution < -0.4 is 0 Å². The SMILES string of the molecule is Cc1cc(Br)cc(C(O)Cc2ccc(Br)cn2)c1. The standard InChI is InChI=1S/C14H13Br2NO/c1-9-4-10(6-12(16)5-9)14(18)7-13-3-2-11(15)8-17-13/h2-6,8,14,18H,7H2,1H3. The maximum atomic E-state index is 10.2. The first-order valence-corrected chi connectivity index (χ1v) is 7.19. The van der Waals surface area contributed by atoms with E-state index in [1.165, 1.54) is 0 Å². The molecule has 1 unspecified atom stereocenters. The van der Waals surface area contributed by atoms with E-state index >= 15 is 0 Å². The van der Waals surface area contributed by atoms with Crippen LogP contribution in [0.3, 0.4) is 0 Å². The van der Waals surface area contributed by atoms with Gasteiger partial charge in [0.25, 0.3) is 0 Å². The molecule has 0 aliphatic rings. The molecule has 2 aromatic rings. The van der Waals surface area contributed by atoms with Gasteiger partial charge in [0.1, 0.15) is 0 Å². The van der Waals surface area contributed by atoms with Gasteiger partial charge in [0.15, 0.2) is 0 Å². The van der Waals surface area contributed by atoms with Crippen LogP contribution in [0.4, 0.5) is 0 Å². The van der Waals surface area contributed by atoms with Gasteiger partial charge in [-0.2, -0.15) is 0 Å². The van der Waals surface area contributed by atoms with Gasteiger partial charge < -0.3 is 5.11 Å². The Morgan fingerprint density at radius 2 is 1.94 bits per heavy atom. The van der Waals surface area contributed by atoms with E-state index in [0.29, 0.717) is 6.42 Å². The van der Waals surface area contributed by atoms with Crippen molar-refractivity contribution in [3.63, 3.8) is 0 Å². The fraction of sp³-hybridized carbons (Fsp3) is 0.214. The van der Waals surface area contributed by atoms with Crippen LogP contribution in [0.1, 0.15) is 22.9 Å². The predicted molar refractivity (Wildman–Crippen MR) is 79.5 cm³/mol. The molecule has 0 saturated carbocycles. The summed E-state index contributed by atoms with van der Waals surface area (Å²) in [6.07, 6.45) is 1.73. The van der Waals surface area contributed by atoms with E-state index in [-0.39, 0.29) is 0 Å². The third kappa shape index (κ3) is 3.64. The quantitative estimate of drug-likeness (QED) is 0.878. The number of aromatic nitrogens is 1. The highest BCUT2D eigenvalue weighted by Crippen LogP contribution is 2.23. The summed E-state index contributed by atoms with van der Waals surface area (Å²) in [6, 6.07) is 9.80. The zero-order valence-corrected chi connectivity index (χ0v) is 13.1. The van der Waals surface area contributed by atoms with E-state index in [2.05, 4.69) is 36.8 Å². The third-order valence-corrected chi connectivity index (χ3v) is 3.57. The van der Waals surface area contributed by atoms with Gasteiger partial charge in [0, 0.05) is 27.3 Å². The number of benzene rings is 1. The summed E-state index contributed by atoms with van der Waals surface area (Å²) in [5.74, 6) is 0. The topological polar surface area (TPSA) is 33.1 Å². The van der Waals surface area contributed by atoms with Crippen molar-refractivity contribution in [1.82, 2.24) is 4.98 Å². The van der Waals surface area contributed by atoms with Crippen molar-refractivity contribution in [3.05, 3.63) is 62.3 Å². The molecule has 0 aliphatic heterocycles. The number of rotatable bonds is 3. The molecule has 1 aromatic heterocycles. The van der Waals surface area contributed by atoms with Crippen LogP contribution in [0.5, 0.6) is 0 Å². The Morgan fingerprint density at radius 3 is 2.56 bits per heavy atom. The number of hydrogen-bond acceptors (Lipinski definition) is 2. The summed E-state index contributed by atoms with van der Waals surface area (Å²) in [5.41, 5.74) is 2.91. The van der Waals surface area contributed by atoms with Crippen LogP contribution in [0.25, 0.3) is 0 Å². The molecule has 0 saturated heterocycles. The van der Waals surface area contributed by atoms with Crippen LogP contribution in [0, 0.1) is 6.92 Å². The van der Waals surface area contributed by atoms with Crippen LogP contribution in [-0.4, -0.2) is 10.1 Å². The summed E-state index contributed by atoms with van der Waals surface area (Å²) in [5, 5.41) is 10.2. The molecule has 0 aliphatic carbocycles. The van der Waals surface area contributed by atoms with E-state index < -0.39 is 6.10 Å². The predicted octanol–water partition coefficient (Wildman–Crippen LogP) is 4.19. The van der Waals surface area contributed by atoms with Gasteiger partial charge in [-0.05, 0) is 58.2 Å². The van der Waals surface area contributed by atoms with Crippen LogP contribution >= 0.6 is 31.9 Å². The van der Waals surface area contributed by atoms with Crippen molar-refractivity contribution < 1.29 is 5.11 Å². The second kappa shape index (κ2) is 5.95. The van der Waals surface area contributed by atoms with Crippen molar-refractivity contribution in [3.8, 4) is 0 Å². The van der Waals surface area contributed by atoms with E-state index in [1.54, 1.807) is 6.20 Å². The molecule has 0 spiro atoms. The molecule has 4 heteroatoms. The first-order valence-electron chi connectivity index (χ1n) is 5.60. The average molecular weight is 371 g/mol. The molecule has 2 nitrogen and oxygen atoms in total. The lowest BCUT2D eigenvalue weighted by Crippen LogP contribution is -2.03. The molecule has 0 bridgehead atoms. The molecule has 0 fully saturated rings. The van der Waals surface area contributed by atoms with Gasteiger partial charge in [0.05, 0.1) is 6.10 Å². The Kier molecular flexibility index (Phi) is 4.54. The second-order valence-corrected chi connectivity index (χ2v) is 6.08. The Labute approximate surface area is 123 Å². The second-order valence-electron chi connectivity index (χ2n) is 4.25. The number of pyridine rings is 1. The van der Waals surface area contributed by atoms with Crippen LogP contribution in [0.2, 0.25) is 0 Å². The molecule has 18 heavy (non-hydrogen) atoms. The molecular weight excluding hydrogens is 358 g/mol. The molecule has 1 aromatic carbocycles. The van der Waals surface area contributed by atoms with Gasteiger partial charge >= 0.3 is 0 Å². The Hall–Kier alpha value is -0.710. The molecule has 94 valence electrons. The van der Waals surface area contributed by atoms with Gasteiger partial charge in [-0.3, -0.25) is 4.98 Å². The fourth-order valence-corrected chi connectivity index (χ4v) is 2.66. The third-order valence-electron chi connectivity index (χ3n) is 2.64. The lowest BCUT2D eigenvalue weighted by Gasteiger charge is -2.12. The summed E-state index contributed by atoms with van der Waals surface area (Å²) in [4.78, 5) is 4.27. The van der Waals surface area contributed by atoms with E-state index in [0.717, 1.165) is 25.8 Å². The molecular formula is C14H13Br2NO. The number of halogens is 2. The molecule has 0 amide bonds. The molecule has 1 atom stereocenters. The number of hydrogen-bond donors (Lipinski definition) is 1. The molecule has 1 N–H and O–H groups in total. The zero-order valence-electron chi connectivity index (χ0n) is 9.90. The first kappa shape index (κ1) is 13.7. The minimum absolute atomic E-state index is 0.517. The van der Waals surface area contributed by atoms with Crippen molar-refractivity contribution in [1.29, 1.82) is 0 Å². The van der Waals surface area contributed by atoms with Crippen molar-refractivity contribution in [2.75, 3.05) is 0 Å². The molecule has 2 rings (SSSR count). The minimum atomic E-state index is -0.533. The van der Waals surface area contributed by atoms with Gasteiger partial charge in [0.2, 0.25) is 0 Å². The van der Waals surface area contributed by atoms with Crippen molar-refractivity contribution in [2.45, 2.75) is 19.4 Å². The number of aryl methyl sites for hydroxylation is 1. The highest BCUT2D eigenvalue weighted by Gasteiger charge is 2.10. The smallest absolute Gasteiger partial charge is 0.0845 e. The maximum Gasteiger partial charge on any atom is 0.0845 e. The van der Waals surface area contributed by atoms with Gasteiger partial charge in [-0.25, -0.2) is 0 Å². The first-order chi connectivity index (χ1) is 8.54. The summed E-state index contributed by atoms with van der Waals surface area (Å²) >= 11 is 6.79. The number of nitrogens with zero attached hydrogens (tertiary/aromatic N) is 1. The number of aliphatic hydroxyl groups excluding tert-OH is 1. The largest absolute Gasteiger partial charge is 0.388 e. The van der Waals surface area contributed by atoms with Crippen molar-refractivity contribution in [2.24, 2.45) is 0 Å². The Balaban J connectivity index is 2.16. The average Bonchev–Trinajstić information content (AvgIpc) is 2.31. The summed E-state index contributed by atoms with van der Waals surface area (Å²) in [7, 11) is 0. The van der Waals surface area contributed by atoms with Crippen LogP contribution in [-0.2, 0) is 6.42 Å². The summed E-state index contributed by atoms with van der Waals surface area (Å²) < 4.78 is 1.93. The van der Waals surface area contributed by atoms with E-state index in [4.69, 9.17) is 0 Å².